The lowest BCUT2D eigenvalue weighted by Gasteiger charge is -2.39. The molecule has 1 rings (SSSR count). The molecule has 2 amide bonds. The average molecular weight is 674 g/mol. The first-order valence-corrected chi connectivity index (χ1v) is 10.3. The van der Waals surface area contributed by atoms with Gasteiger partial charge in [-0.15, -0.1) is 0 Å². The number of carbonyl (C=O) groups excluding carboxylic acids is 3. The highest BCUT2D eigenvalue weighted by Crippen LogP contribution is 2.43. The van der Waals surface area contributed by atoms with E-state index in [1.165, 1.54) is 14.0 Å². The molecule has 0 aliphatic heterocycles. The van der Waals surface area contributed by atoms with E-state index < -0.39 is 21.3 Å². The summed E-state index contributed by atoms with van der Waals surface area (Å²) in [7, 11) is 1.48. The first-order valence-electron chi connectivity index (χ1n) is 6.89. The highest BCUT2D eigenvalue weighted by atomic mass is 127. The van der Waals surface area contributed by atoms with Gasteiger partial charge in [-0.3, -0.25) is 9.59 Å². The maximum absolute atomic E-state index is 12.6. The van der Waals surface area contributed by atoms with Gasteiger partial charge in [-0.25, -0.2) is 4.79 Å². The Morgan fingerprint density at radius 1 is 1.33 bits per heavy atom. The average Bonchev–Trinajstić information content (AvgIpc) is 2.50. The summed E-state index contributed by atoms with van der Waals surface area (Å²) < 4.78 is 10.8. The van der Waals surface area contributed by atoms with Crippen molar-refractivity contribution in [3.63, 3.8) is 0 Å². The van der Waals surface area contributed by atoms with E-state index in [1.807, 2.05) is 67.8 Å². The van der Waals surface area contributed by atoms with E-state index in [1.54, 1.807) is 13.0 Å². The fourth-order valence-corrected chi connectivity index (χ4v) is 7.09. The van der Waals surface area contributed by atoms with Crippen LogP contribution in [0.25, 0.3) is 0 Å². The Kier molecular flexibility index (Phi) is 8.89. The molecule has 134 valence electrons. The fourth-order valence-electron chi connectivity index (χ4n) is 2.10. The molecule has 24 heavy (non-hydrogen) atoms. The van der Waals surface area contributed by atoms with Crippen molar-refractivity contribution in [2.45, 2.75) is 23.3 Å². The number of allylic oxidation sites excluding steroid dienone is 2. The SMILES string of the molecule is CCOCOC(=O)C1=C(I)C=C(I)C(NC(C)=O)(C(=O)NC)C1I. The number of nitrogens with one attached hydrogen (secondary N) is 2. The number of halogens is 3. The molecule has 2 N–H and O–H groups in total. The maximum atomic E-state index is 12.6. The minimum Gasteiger partial charge on any atom is -0.435 e. The molecule has 0 heterocycles. The number of rotatable bonds is 6. The van der Waals surface area contributed by atoms with Crippen LogP contribution in [-0.2, 0) is 23.9 Å². The first-order chi connectivity index (χ1) is 11.2. The van der Waals surface area contributed by atoms with Gasteiger partial charge < -0.3 is 20.1 Å². The standard InChI is InChI=1S/C14H17I3N2O5/c1-4-23-6-24-12(21)10-8(15)5-9(16)14(11(10)17,13(22)18-3)19-7(2)20/h5,11H,4,6H2,1-3H3,(H,18,22)(H,19,20). The van der Waals surface area contributed by atoms with Crippen LogP contribution >= 0.6 is 67.8 Å². The molecule has 0 fully saturated rings. The normalized spacial score (nSPS) is 23.4. The van der Waals surface area contributed by atoms with E-state index in [9.17, 15) is 14.4 Å². The van der Waals surface area contributed by atoms with Gasteiger partial charge in [-0.05, 0) is 58.2 Å². The zero-order valence-electron chi connectivity index (χ0n) is 13.2. The molecule has 7 nitrogen and oxygen atoms in total. The van der Waals surface area contributed by atoms with Crippen molar-refractivity contribution in [3.05, 3.63) is 18.8 Å². The predicted molar refractivity (Wildman–Crippen MR) is 114 cm³/mol. The Morgan fingerprint density at radius 2 is 1.96 bits per heavy atom. The smallest absolute Gasteiger partial charge is 0.338 e. The Balaban J connectivity index is 3.32. The zero-order chi connectivity index (χ0) is 18.5. The Bertz CT molecular complexity index is 605. The second-order valence-electron chi connectivity index (χ2n) is 4.73. The molecule has 0 aromatic heterocycles. The van der Waals surface area contributed by atoms with Gasteiger partial charge in [0.2, 0.25) is 5.91 Å². The number of likely N-dealkylation sites (N-methyl/N-ethyl adjacent to an activating group) is 1. The molecule has 1 aliphatic carbocycles. The number of hydrogen-bond donors (Lipinski definition) is 2. The number of hydrogen-bond acceptors (Lipinski definition) is 5. The lowest BCUT2D eigenvalue weighted by atomic mass is 9.85. The van der Waals surface area contributed by atoms with Crippen LogP contribution in [0.3, 0.4) is 0 Å². The van der Waals surface area contributed by atoms with Crippen LogP contribution in [0.15, 0.2) is 18.8 Å². The molecule has 0 spiro atoms. The van der Waals surface area contributed by atoms with Gasteiger partial charge in [0.1, 0.15) is 0 Å². The number of esters is 1. The number of amides is 2. The molecular formula is C14H17I3N2O5. The van der Waals surface area contributed by atoms with Crippen LogP contribution in [0.1, 0.15) is 13.8 Å². The first kappa shape index (κ1) is 22.1. The summed E-state index contributed by atoms with van der Waals surface area (Å²) in [6.45, 7) is 3.37. The predicted octanol–water partition coefficient (Wildman–Crippen LogP) is 1.97. The van der Waals surface area contributed by atoms with Crippen molar-refractivity contribution in [1.82, 2.24) is 10.6 Å². The van der Waals surface area contributed by atoms with Gasteiger partial charge in [0.05, 0.1) is 9.50 Å². The van der Waals surface area contributed by atoms with Gasteiger partial charge in [-0.2, -0.15) is 0 Å². The molecule has 1 aliphatic rings. The van der Waals surface area contributed by atoms with Crippen LogP contribution in [0, 0.1) is 0 Å². The molecule has 0 aromatic rings. The van der Waals surface area contributed by atoms with Crippen LogP contribution in [0.5, 0.6) is 0 Å². The third kappa shape index (κ3) is 4.60. The lowest BCUT2D eigenvalue weighted by Crippen LogP contribution is -2.65. The number of carbonyl (C=O) groups is 3. The zero-order valence-corrected chi connectivity index (χ0v) is 19.7. The highest BCUT2D eigenvalue weighted by Gasteiger charge is 2.53. The summed E-state index contributed by atoms with van der Waals surface area (Å²) >= 11 is 6.01. The molecule has 0 aromatic carbocycles. The van der Waals surface area contributed by atoms with Crippen molar-refractivity contribution < 1.29 is 23.9 Å². The van der Waals surface area contributed by atoms with Gasteiger partial charge in [0, 0.05) is 27.7 Å². The summed E-state index contributed by atoms with van der Waals surface area (Å²) in [5, 5.41) is 5.27. The quantitative estimate of drug-likeness (QED) is 0.148. The molecule has 2 atom stereocenters. The van der Waals surface area contributed by atoms with Gasteiger partial charge in [0.25, 0.3) is 5.91 Å². The van der Waals surface area contributed by atoms with Crippen LogP contribution in [-0.4, -0.2) is 47.7 Å². The molecule has 0 saturated carbocycles. The molecule has 10 heteroatoms. The maximum Gasteiger partial charge on any atom is 0.338 e. The summed E-state index contributed by atoms with van der Waals surface area (Å²) in [6, 6.07) is 0. The summed E-state index contributed by atoms with van der Waals surface area (Å²) in [6.07, 6.45) is 1.69. The minimum absolute atomic E-state index is 0.167. The molecule has 0 bridgehead atoms. The molecule has 0 saturated heterocycles. The fraction of sp³-hybridized carbons (Fsp3) is 0.500. The molecule has 0 radical (unpaired) electrons. The van der Waals surface area contributed by atoms with E-state index in [0.29, 0.717) is 19.3 Å². The van der Waals surface area contributed by atoms with Crippen molar-refractivity contribution in [1.29, 1.82) is 0 Å². The highest BCUT2D eigenvalue weighted by molar-refractivity contribution is 14.1. The topological polar surface area (TPSA) is 93.7 Å². The van der Waals surface area contributed by atoms with E-state index >= 15 is 0 Å². The van der Waals surface area contributed by atoms with Gasteiger partial charge in [0.15, 0.2) is 12.3 Å². The summed E-state index contributed by atoms with van der Waals surface area (Å²) in [4.78, 5) is 36.8. The van der Waals surface area contributed by atoms with E-state index in [2.05, 4.69) is 10.6 Å². The number of alkyl halides is 1. The van der Waals surface area contributed by atoms with E-state index in [4.69, 9.17) is 9.47 Å². The lowest BCUT2D eigenvalue weighted by molar-refractivity contribution is -0.151. The van der Waals surface area contributed by atoms with Crippen LogP contribution in [0.2, 0.25) is 0 Å². The third-order valence-corrected chi connectivity index (χ3v) is 6.79. The Hall–Kier alpha value is 0.0400. The van der Waals surface area contributed by atoms with Crippen molar-refractivity contribution in [3.8, 4) is 0 Å². The van der Waals surface area contributed by atoms with E-state index in [0.717, 1.165) is 0 Å². The Labute approximate surface area is 181 Å². The monoisotopic (exact) mass is 674 g/mol. The van der Waals surface area contributed by atoms with Crippen molar-refractivity contribution in [2.75, 3.05) is 20.4 Å². The largest absolute Gasteiger partial charge is 0.435 e. The molecule has 2 unspecified atom stereocenters. The van der Waals surface area contributed by atoms with Gasteiger partial charge >= 0.3 is 5.97 Å². The minimum atomic E-state index is -1.36. The van der Waals surface area contributed by atoms with Crippen LogP contribution in [0.4, 0.5) is 0 Å². The Morgan fingerprint density at radius 3 is 2.46 bits per heavy atom. The third-order valence-electron chi connectivity index (χ3n) is 3.18. The summed E-state index contributed by atoms with van der Waals surface area (Å²) in [5.41, 5.74) is -1.05. The van der Waals surface area contributed by atoms with Crippen molar-refractivity contribution >= 4 is 85.6 Å². The molecular weight excluding hydrogens is 657 g/mol. The van der Waals surface area contributed by atoms with E-state index in [-0.39, 0.29) is 12.7 Å². The van der Waals surface area contributed by atoms with Crippen LogP contribution < -0.4 is 10.6 Å². The van der Waals surface area contributed by atoms with Gasteiger partial charge in [-0.1, -0.05) is 22.6 Å². The summed E-state index contributed by atoms with van der Waals surface area (Å²) in [5.74, 6) is -1.36. The second kappa shape index (κ2) is 9.66. The van der Waals surface area contributed by atoms with Crippen molar-refractivity contribution in [2.24, 2.45) is 0 Å². The second-order valence-corrected chi connectivity index (χ2v) is 8.30. The number of ether oxygens (including phenoxy) is 2.